The van der Waals surface area contributed by atoms with Crippen LogP contribution in [0.1, 0.15) is 40.0 Å². The summed E-state index contributed by atoms with van der Waals surface area (Å²) in [7, 11) is 2.09. The number of ether oxygens (including phenoxy) is 1. The quantitative estimate of drug-likeness (QED) is 0.425. The van der Waals surface area contributed by atoms with Gasteiger partial charge in [-0.15, -0.1) is 0 Å². The number of nitrogens with zero attached hydrogens (tertiary/aromatic N) is 1. The van der Waals surface area contributed by atoms with Gasteiger partial charge in [0.15, 0.2) is 0 Å². The van der Waals surface area contributed by atoms with E-state index in [-0.39, 0.29) is 5.54 Å². The Hall–Kier alpha value is -1.16. The van der Waals surface area contributed by atoms with Gasteiger partial charge in [0, 0.05) is 6.42 Å². The molecule has 0 bridgehead atoms. The summed E-state index contributed by atoms with van der Waals surface area (Å²) < 4.78 is 8.23. The second kappa shape index (κ2) is 9.09. The molecule has 0 aromatic carbocycles. The second-order valence-electron chi connectivity index (χ2n) is 6.01. The highest BCUT2D eigenvalue weighted by atomic mass is 32.1. The second-order valence-corrected chi connectivity index (χ2v) is 6.46. The largest absolute Gasteiger partial charge is 0.444 e. The summed E-state index contributed by atoms with van der Waals surface area (Å²) in [6, 6.07) is 0.859. The van der Waals surface area contributed by atoms with Gasteiger partial charge in [0.1, 0.15) is 12.1 Å². The third-order valence-electron chi connectivity index (χ3n) is 4.44. The molecule has 4 heteroatoms. The van der Waals surface area contributed by atoms with Crippen LogP contribution >= 0.6 is 12.6 Å². The van der Waals surface area contributed by atoms with Gasteiger partial charge in [-0.05, 0) is 38.0 Å². The van der Waals surface area contributed by atoms with Crippen molar-refractivity contribution in [2.75, 3.05) is 26.0 Å². The van der Waals surface area contributed by atoms with Gasteiger partial charge in [-0.2, -0.15) is 12.6 Å². The summed E-state index contributed by atoms with van der Waals surface area (Å²) in [6.07, 6.45) is 9.35. The fourth-order valence-corrected chi connectivity index (χ4v) is 2.86. The molecule has 0 aliphatic carbocycles. The standard InChI is InChI=1S/C18H30N2OS/c1-6-15(3)8-9-16(7-2)14-21-17-19-12-10-18(4,11-13-22)20(17)5/h7-9,22H,3,6,10-14H2,1-2,4-5H3/p+1. The number of thiol groups is 1. The van der Waals surface area contributed by atoms with Crippen molar-refractivity contribution in [2.45, 2.75) is 45.6 Å². The highest BCUT2D eigenvalue weighted by molar-refractivity contribution is 7.80. The summed E-state index contributed by atoms with van der Waals surface area (Å²) in [6.45, 7) is 11.9. The molecule has 1 rings (SSSR count). The zero-order valence-corrected chi connectivity index (χ0v) is 15.4. The van der Waals surface area contributed by atoms with Crippen LogP contribution in [0.15, 0.2) is 36.0 Å². The van der Waals surface area contributed by atoms with Crippen molar-refractivity contribution in [1.29, 1.82) is 0 Å². The SMILES string of the molecule is C=C(C=CC(=CC)COC1=[N+](C)C(C)(CCS)CCN1)CC. The lowest BCUT2D eigenvalue weighted by atomic mass is 9.93. The highest BCUT2D eigenvalue weighted by Crippen LogP contribution is 2.22. The summed E-state index contributed by atoms with van der Waals surface area (Å²) >= 11 is 4.39. The minimum absolute atomic E-state index is 0.116. The van der Waals surface area contributed by atoms with E-state index in [2.05, 4.69) is 68.2 Å². The zero-order chi connectivity index (χ0) is 16.6. The van der Waals surface area contributed by atoms with Gasteiger partial charge in [-0.1, -0.05) is 37.3 Å². The molecule has 1 aliphatic heterocycles. The van der Waals surface area contributed by atoms with E-state index in [0.29, 0.717) is 6.61 Å². The van der Waals surface area contributed by atoms with Crippen LogP contribution in [-0.4, -0.2) is 42.1 Å². The number of rotatable bonds is 7. The van der Waals surface area contributed by atoms with Crippen molar-refractivity contribution in [1.82, 2.24) is 5.32 Å². The normalized spacial score (nSPS) is 22.9. The summed E-state index contributed by atoms with van der Waals surface area (Å²) in [5.74, 6) is 0.885. The van der Waals surface area contributed by atoms with Crippen LogP contribution < -0.4 is 5.32 Å². The number of hydrogen-bond donors (Lipinski definition) is 2. The topological polar surface area (TPSA) is 24.3 Å². The van der Waals surface area contributed by atoms with Gasteiger partial charge in [0.2, 0.25) is 0 Å². The van der Waals surface area contributed by atoms with Crippen molar-refractivity contribution < 1.29 is 9.31 Å². The van der Waals surface area contributed by atoms with E-state index in [0.717, 1.165) is 48.7 Å². The Morgan fingerprint density at radius 3 is 2.82 bits per heavy atom. The Morgan fingerprint density at radius 2 is 2.23 bits per heavy atom. The van der Waals surface area contributed by atoms with Crippen molar-refractivity contribution in [2.24, 2.45) is 0 Å². The molecule has 1 heterocycles. The molecule has 1 unspecified atom stereocenters. The lowest BCUT2D eigenvalue weighted by molar-refractivity contribution is -0.594. The first-order valence-corrected chi connectivity index (χ1v) is 8.69. The van der Waals surface area contributed by atoms with Gasteiger partial charge >= 0.3 is 6.02 Å². The predicted molar refractivity (Wildman–Crippen MR) is 99.0 cm³/mol. The molecule has 0 saturated carbocycles. The molecule has 0 aromatic rings. The van der Waals surface area contributed by atoms with Gasteiger partial charge in [-0.3, -0.25) is 0 Å². The van der Waals surface area contributed by atoms with Gasteiger partial charge in [0.25, 0.3) is 0 Å². The van der Waals surface area contributed by atoms with E-state index in [4.69, 9.17) is 4.74 Å². The Bertz CT molecular complexity index is 479. The van der Waals surface area contributed by atoms with Crippen LogP contribution in [0.5, 0.6) is 0 Å². The molecule has 3 nitrogen and oxygen atoms in total. The maximum atomic E-state index is 6.01. The minimum atomic E-state index is 0.116. The number of hydrogen-bond acceptors (Lipinski definition) is 3. The Labute approximate surface area is 141 Å². The van der Waals surface area contributed by atoms with E-state index in [9.17, 15) is 0 Å². The van der Waals surface area contributed by atoms with Crippen molar-refractivity contribution in [3.8, 4) is 0 Å². The molecule has 1 aliphatic rings. The average molecular weight is 324 g/mol. The van der Waals surface area contributed by atoms with E-state index < -0.39 is 0 Å². The molecule has 124 valence electrons. The predicted octanol–water partition coefficient (Wildman–Crippen LogP) is 3.54. The lowest BCUT2D eigenvalue weighted by Gasteiger charge is -2.32. The molecule has 0 saturated heterocycles. The lowest BCUT2D eigenvalue weighted by Crippen LogP contribution is -2.53. The maximum absolute atomic E-state index is 6.01. The molecular formula is C18H31N2OS+. The molecule has 0 radical (unpaired) electrons. The zero-order valence-electron chi connectivity index (χ0n) is 14.5. The van der Waals surface area contributed by atoms with E-state index in [1.54, 1.807) is 0 Å². The molecule has 0 spiro atoms. The fourth-order valence-electron chi connectivity index (χ4n) is 2.37. The molecule has 0 aromatic heterocycles. The fraction of sp³-hybridized carbons (Fsp3) is 0.611. The van der Waals surface area contributed by atoms with Gasteiger partial charge < -0.3 is 4.74 Å². The highest BCUT2D eigenvalue weighted by Gasteiger charge is 2.37. The van der Waals surface area contributed by atoms with Crippen LogP contribution in [0.25, 0.3) is 0 Å². The summed E-state index contributed by atoms with van der Waals surface area (Å²) in [5, 5.41) is 3.36. The molecular weight excluding hydrogens is 292 g/mol. The Balaban J connectivity index is 2.73. The smallest absolute Gasteiger partial charge is 0.427 e. The Morgan fingerprint density at radius 1 is 1.50 bits per heavy atom. The van der Waals surface area contributed by atoms with Crippen LogP contribution in [0.4, 0.5) is 0 Å². The van der Waals surface area contributed by atoms with Crippen LogP contribution in [-0.2, 0) is 4.74 Å². The minimum Gasteiger partial charge on any atom is -0.427 e. The van der Waals surface area contributed by atoms with Gasteiger partial charge in [-0.25, -0.2) is 9.89 Å². The number of nitrogens with one attached hydrogen (secondary N) is 1. The number of amidine groups is 1. The van der Waals surface area contributed by atoms with E-state index >= 15 is 0 Å². The van der Waals surface area contributed by atoms with E-state index in [1.165, 1.54) is 0 Å². The third-order valence-corrected chi connectivity index (χ3v) is 4.66. The molecule has 1 atom stereocenters. The summed E-state index contributed by atoms with van der Waals surface area (Å²) in [5.41, 5.74) is 2.39. The first kappa shape index (κ1) is 18.9. The molecule has 0 amide bonds. The molecule has 22 heavy (non-hydrogen) atoms. The van der Waals surface area contributed by atoms with Crippen molar-refractivity contribution in [3.63, 3.8) is 0 Å². The van der Waals surface area contributed by atoms with Gasteiger partial charge in [0.05, 0.1) is 13.6 Å². The maximum Gasteiger partial charge on any atom is 0.444 e. The van der Waals surface area contributed by atoms with Crippen molar-refractivity contribution >= 4 is 18.7 Å². The average Bonchev–Trinajstić information content (AvgIpc) is 2.51. The van der Waals surface area contributed by atoms with Crippen LogP contribution in [0, 0.1) is 0 Å². The van der Waals surface area contributed by atoms with Crippen LogP contribution in [0.3, 0.4) is 0 Å². The molecule has 0 fully saturated rings. The van der Waals surface area contributed by atoms with Crippen molar-refractivity contribution in [3.05, 3.63) is 36.0 Å². The van der Waals surface area contributed by atoms with E-state index in [1.807, 2.05) is 6.92 Å². The van der Waals surface area contributed by atoms with Crippen LogP contribution in [0.2, 0.25) is 0 Å². The number of allylic oxidation sites excluding steroid dienone is 3. The summed E-state index contributed by atoms with van der Waals surface area (Å²) in [4.78, 5) is 0. The monoisotopic (exact) mass is 323 g/mol. The molecule has 1 N–H and O–H groups in total. The third kappa shape index (κ3) is 5.24. The Kier molecular flexibility index (Phi) is 7.80. The first-order chi connectivity index (χ1) is 10.5. The first-order valence-electron chi connectivity index (χ1n) is 8.06.